The number of alkyl halides is 3. The number of nitrogens with zero attached hydrogens (tertiary/aromatic N) is 1. The fraction of sp³-hybridized carbons (Fsp3) is 0.412. The number of thiazole rings is 1. The van der Waals surface area contributed by atoms with Gasteiger partial charge in [-0.05, 0) is 31.5 Å². The quantitative estimate of drug-likeness (QED) is 0.478. The zero-order valence-electron chi connectivity index (χ0n) is 15.6. The second kappa shape index (κ2) is 8.19. The Morgan fingerprint density at radius 1 is 1.31 bits per heavy atom. The number of aromatic nitrogens is 1. The number of halogens is 3. The molecule has 29 heavy (non-hydrogen) atoms. The van der Waals surface area contributed by atoms with E-state index in [1.807, 2.05) is 0 Å². The second-order valence-electron chi connectivity index (χ2n) is 6.13. The minimum absolute atomic E-state index is 0.161. The van der Waals surface area contributed by atoms with Crippen molar-refractivity contribution in [1.29, 1.82) is 0 Å². The van der Waals surface area contributed by atoms with E-state index < -0.39 is 39.2 Å². The smallest absolute Gasteiger partial charge is 0.496 e. The lowest BCUT2D eigenvalue weighted by Gasteiger charge is -2.31. The van der Waals surface area contributed by atoms with Crippen molar-refractivity contribution in [2.45, 2.75) is 37.6 Å². The molecule has 0 radical (unpaired) electrons. The van der Waals surface area contributed by atoms with Gasteiger partial charge in [0.05, 0.1) is 18.9 Å². The lowest BCUT2D eigenvalue weighted by Crippen LogP contribution is -2.31. The predicted octanol–water partition coefficient (Wildman–Crippen LogP) is 3.86. The van der Waals surface area contributed by atoms with E-state index in [1.165, 1.54) is 24.5 Å². The lowest BCUT2D eigenvalue weighted by atomic mass is 9.75. The molecule has 1 N–H and O–H groups in total. The number of carbonyl (C=O) groups is 1. The van der Waals surface area contributed by atoms with Gasteiger partial charge in [-0.25, -0.2) is 4.98 Å². The van der Waals surface area contributed by atoms with E-state index in [0.29, 0.717) is 5.01 Å². The van der Waals surface area contributed by atoms with Gasteiger partial charge in [0.15, 0.2) is 0 Å². The highest BCUT2D eigenvalue weighted by Crippen LogP contribution is 2.46. The second-order valence-corrected chi connectivity index (χ2v) is 8.90. The molecule has 1 aromatic carbocycles. The molecule has 160 valence electrons. The monoisotopic (exact) mass is 453 g/mol. The lowest BCUT2D eigenvalue weighted by molar-refractivity contribution is -0.138. The molecule has 2 aromatic rings. The number of hydrogen-bond donors (Lipinski definition) is 1. The molecule has 0 spiro atoms. The fourth-order valence-electron chi connectivity index (χ4n) is 2.87. The first kappa shape index (κ1) is 22.9. The molecule has 0 fully saturated rings. The van der Waals surface area contributed by atoms with Gasteiger partial charge in [-0.1, -0.05) is 6.92 Å². The Morgan fingerprint density at radius 3 is 2.41 bits per heavy atom. The van der Waals surface area contributed by atoms with Crippen LogP contribution in [0.4, 0.5) is 13.2 Å². The maximum absolute atomic E-state index is 12.7. The van der Waals surface area contributed by atoms with E-state index in [4.69, 9.17) is 4.74 Å². The highest BCUT2D eigenvalue weighted by Gasteiger charge is 2.49. The van der Waals surface area contributed by atoms with E-state index in [0.717, 1.165) is 17.0 Å². The summed E-state index contributed by atoms with van der Waals surface area (Å²) in [6, 6.07) is 3.27. The average Bonchev–Trinajstić information content (AvgIpc) is 3.05. The number of carboxylic acids is 1. The van der Waals surface area contributed by atoms with Crippen LogP contribution >= 0.6 is 11.3 Å². The number of methoxy groups -OCH3 is 1. The zero-order valence-corrected chi connectivity index (χ0v) is 17.2. The van der Waals surface area contributed by atoms with Crippen molar-refractivity contribution in [3.05, 3.63) is 39.8 Å². The van der Waals surface area contributed by atoms with Crippen molar-refractivity contribution >= 4 is 27.4 Å². The summed E-state index contributed by atoms with van der Waals surface area (Å²) in [7, 11) is -4.59. The molecular weight excluding hydrogens is 435 g/mol. The number of rotatable bonds is 8. The summed E-state index contributed by atoms with van der Waals surface area (Å²) < 4.78 is 70.3. The van der Waals surface area contributed by atoms with Gasteiger partial charge in [-0.2, -0.15) is 21.6 Å². The number of aliphatic carboxylic acids is 1. The molecule has 0 aliphatic carbocycles. The summed E-state index contributed by atoms with van der Waals surface area (Å²) in [6.45, 7) is 3.47. The van der Waals surface area contributed by atoms with Crippen molar-refractivity contribution in [2.75, 3.05) is 7.11 Å². The van der Waals surface area contributed by atoms with Crippen molar-refractivity contribution in [1.82, 2.24) is 4.98 Å². The Morgan fingerprint density at radius 2 is 1.97 bits per heavy atom. The van der Waals surface area contributed by atoms with E-state index in [9.17, 15) is 31.5 Å². The first-order chi connectivity index (χ1) is 13.4. The molecule has 0 bridgehead atoms. The Balaban J connectivity index is 2.71. The Kier molecular flexibility index (Phi) is 6.48. The van der Waals surface area contributed by atoms with Crippen LogP contribution in [0.5, 0.6) is 11.5 Å². The third-order valence-electron chi connectivity index (χ3n) is 4.26. The molecule has 7 nitrogen and oxygen atoms in total. The predicted molar refractivity (Wildman–Crippen MR) is 98.8 cm³/mol. The van der Waals surface area contributed by atoms with Crippen molar-refractivity contribution in [3.63, 3.8) is 0 Å². The van der Waals surface area contributed by atoms with Crippen LogP contribution in [0.25, 0.3) is 0 Å². The Bertz CT molecular complexity index is 1000. The van der Waals surface area contributed by atoms with E-state index in [1.54, 1.807) is 20.0 Å². The van der Waals surface area contributed by atoms with E-state index in [-0.39, 0.29) is 17.7 Å². The highest BCUT2D eigenvalue weighted by molar-refractivity contribution is 7.88. The van der Waals surface area contributed by atoms with Crippen LogP contribution in [-0.2, 0) is 20.3 Å². The first-order valence-electron chi connectivity index (χ1n) is 8.20. The topological polar surface area (TPSA) is 103 Å². The van der Waals surface area contributed by atoms with Gasteiger partial charge in [0.25, 0.3) is 0 Å². The molecule has 1 atom stereocenters. The van der Waals surface area contributed by atoms with Crippen LogP contribution in [-0.4, -0.2) is 37.1 Å². The molecular formula is C17H18F3NO6S2. The summed E-state index contributed by atoms with van der Waals surface area (Å²) in [5, 5.41) is 9.91. The van der Waals surface area contributed by atoms with Crippen LogP contribution in [0.15, 0.2) is 24.4 Å². The largest absolute Gasteiger partial charge is 0.534 e. The summed E-state index contributed by atoms with van der Waals surface area (Å²) in [5.41, 5.74) is -6.71. The maximum Gasteiger partial charge on any atom is 0.534 e. The third-order valence-corrected chi connectivity index (χ3v) is 6.36. The molecule has 0 aliphatic heterocycles. The summed E-state index contributed by atoms with van der Waals surface area (Å²) in [4.78, 5) is 16.7. The molecule has 0 aliphatic rings. The number of carboxylic acid groups (broad SMARTS) is 1. The third kappa shape index (κ3) is 4.64. The minimum Gasteiger partial charge on any atom is -0.496 e. The van der Waals surface area contributed by atoms with Crippen LogP contribution in [0, 0.1) is 6.92 Å². The average molecular weight is 453 g/mol. The van der Waals surface area contributed by atoms with E-state index in [2.05, 4.69) is 9.17 Å². The highest BCUT2D eigenvalue weighted by atomic mass is 32.2. The van der Waals surface area contributed by atoms with Gasteiger partial charge in [0.2, 0.25) is 0 Å². The van der Waals surface area contributed by atoms with Gasteiger partial charge >= 0.3 is 21.6 Å². The SMILES string of the molecule is CCC(CC(=O)O)(c1ncc(C)s1)c1cc(OS(=O)(=O)C(F)(F)F)ccc1OC. The molecule has 0 saturated carbocycles. The maximum atomic E-state index is 12.7. The van der Waals surface area contributed by atoms with Crippen LogP contribution in [0.2, 0.25) is 0 Å². The van der Waals surface area contributed by atoms with Crippen molar-refractivity contribution in [2.24, 2.45) is 0 Å². The molecule has 1 aromatic heterocycles. The van der Waals surface area contributed by atoms with Crippen LogP contribution < -0.4 is 8.92 Å². The van der Waals surface area contributed by atoms with E-state index >= 15 is 0 Å². The zero-order chi connectivity index (χ0) is 22.0. The standard InChI is InChI=1S/C17H18F3NO6S2/c1-4-16(8-14(22)23,15-21-9-10(2)28-15)12-7-11(5-6-13(12)26-3)27-29(24,25)17(18,19)20/h5-7,9H,4,8H2,1-3H3,(H,22,23). The summed E-state index contributed by atoms with van der Waals surface area (Å²) in [5.74, 6) is -1.62. The molecule has 1 heterocycles. The van der Waals surface area contributed by atoms with Gasteiger partial charge < -0.3 is 14.0 Å². The Hall–Kier alpha value is -2.34. The van der Waals surface area contributed by atoms with Crippen LogP contribution in [0.3, 0.4) is 0 Å². The summed E-state index contributed by atoms with van der Waals surface area (Å²) >= 11 is 1.23. The van der Waals surface area contributed by atoms with Gasteiger partial charge in [-0.15, -0.1) is 11.3 Å². The molecule has 12 heteroatoms. The number of hydrogen-bond acceptors (Lipinski definition) is 7. The normalized spacial score (nSPS) is 14.3. The van der Waals surface area contributed by atoms with Gasteiger partial charge in [-0.3, -0.25) is 4.79 Å². The fourth-order valence-corrected chi connectivity index (χ4v) is 4.36. The summed E-state index contributed by atoms with van der Waals surface area (Å²) in [6.07, 6.45) is 1.31. The first-order valence-corrected chi connectivity index (χ1v) is 10.4. The molecule has 1 unspecified atom stereocenters. The van der Waals surface area contributed by atoms with Gasteiger partial charge in [0.1, 0.15) is 16.5 Å². The molecule has 0 amide bonds. The number of aryl methyl sites for hydroxylation is 1. The Labute approximate surface area is 169 Å². The number of benzene rings is 1. The van der Waals surface area contributed by atoms with Crippen LogP contribution in [0.1, 0.15) is 35.2 Å². The number of ether oxygens (including phenoxy) is 1. The van der Waals surface area contributed by atoms with Gasteiger partial charge in [0, 0.05) is 16.6 Å². The van der Waals surface area contributed by atoms with Crippen molar-refractivity contribution in [3.8, 4) is 11.5 Å². The molecule has 2 rings (SSSR count). The minimum atomic E-state index is -5.89. The van der Waals surface area contributed by atoms with Crippen molar-refractivity contribution < 1.29 is 40.4 Å². The molecule has 0 saturated heterocycles.